The lowest BCUT2D eigenvalue weighted by atomic mass is 9.87. The van der Waals surface area contributed by atoms with Gasteiger partial charge in [-0.15, -0.1) is 11.3 Å². The summed E-state index contributed by atoms with van der Waals surface area (Å²) in [5.74, 6) is 0.357. The van der Waals surface area contributed by atoms with Crippen molar-refractivity contribution in [1.82, 2.24) is 9.88 Å². The number of aliphatic hydroxyl groups excluding tert-OH is 1. The van der Waals surface area contributed by atoms with Crippen LogP contribution in [0.2, 0.25) is 0 Å². The summed E-state index contributed by atoms with van der Waals surface area (Å²) in [6, 6.07) is 12.2. The lowest BCUT2D eigenvalue weighted by Crippen LogP contribution is -2.35. The van der Waals surface area contributed by atoms with Gasteiger partial charge in [0.25, 0.3) is 0 Å². The van der Waals surface area contributed by atoms with Crippen molar-refractivity contribution in [3.8, 4) is 10.6 Å². The molecule has 0 spiro atoms. The Morgan fingerprint density at radius 3 is 2.64 bits per heavy atom. The summed E-state index contributed by atoms with van der Waals surface area (Å²) in [6.07, 6.45) is 1.74. The molecule has 1 fully saturated rings. The average Bonchev–Trinajstić information content (AvgIpc) is 3.34. The predicted octanol–water partition coefficient (Wildman–Crippen LogP) is 4.82. The lowest BCUT2D eigenvalue weighted by molar-refractivity contribution is 0.0565. The van der Waals surface area contributed by atoms with Gasteiger partial charge in [0.15, 0.2) is 0 Å². The molecule has 1 atom stereocenters. The van der Waals surface area contributed by atoms with Crippen LogP contribution in [0.25, 0.3) is 10.6 Å². The second-order valence-corrected chi connectivity index (χ2v) is 8.26. The first-order valence-electron chi connectivity index (χ1n) is 8.72. The Morgan fingerprint density at radius 1 is 1.12 bits per heavy atom. The maximum atomic E-state index is 10.6. The minimum Gasteiger partial charge on any atom is -0.388 e. The first-order chi connectivity index (χ1) is 12.3. The van der Waals surface area contributed by atoms with E-state index in [1.165, 1.54) is 5.56 Å². The third kappa shape index (κ3) is 4.01. The van der Waals surface area contributed by atoms with E-state index in [1.54, 1.807) is 22.7 Å². The largest absolute Gasteiger partial charge is 0.388 e. The standard InChI is InChI=1S/C20H22N2OS2/c23-19(15-4-2-1-3-5-15)16-6-9-22(10-7-16)12-18-14-25-20(21-18)17-8-11-24-13-17/h1-5,8,11,13-14,16,19,23H,6-7,9-10,12H2. The van der Waals surface area contributed by atoms with Crippen molar-refractivity contribution in [2.24, 2.45) is 5.92 Å². The van der Waals surface area contributed by atoms with Crippen LogP contribution < -0.4 is 0 Å². The van der Waals surface area contributed by atoms with E-state index in [2.05, 4.69) is 27.1 Å². The molecule has 3 aromatic rings. The molecule has 3 nitrogen and oxygen atoms in total. The van der Waals surface area contributed by atoms with E-state index in [0.717, 1.165) is 48.7 Å². The van der Waals surface area contributed by atoms with Crippen LogP contribution in [-0.4, -0.2) is 28.1 Å². The molecule has 2 aromatic heterocycles. The molecule has 25 heavy (non-hydrogen) atoms. The van der Waals surface area contributed by atoms with Gasteiger partial charge >= 0.3 is 0 Å². The highest BCUT2D eigenvalue weighted by Gasteiger charge is 2.26. The molecule has 1 N–H and O–H groups in total. The van der Waals surface area contributed by atoms with Gasteiger partial charge in [-0.25, -0.2) is 4.98 Å². The average molecular weight is 371 g/mol. The summed E-state index contributed by atoms with van der Waals surface area (Å²) in [4.78, 5) is 7.24. The SMILES string of the molecule is OC(c1ccccc1)C1CCN(Cc2csc(-c3ccsc3)n2)CC1. The van der Waals surface area contributed by atoms with Crippen LogP contribution in [0.5, 0.6) is 0 Å². The monoisotopic (exact) mass is 370 g/mol. The number of thiazole rings is 1. The minimum absolute atomic E-state index is 0.340. The van der Waals surface area contributed by atoms with Crippen molar-refractivity contribution in [1.29, 1.82) is 0 Å². The Labute approximate surface area is 156 Å². The van der Waals surface area contributed by atoms with Gasteiger partial charge in [-0.05, 0) is 48.9 Å². The molecule has 0 aliphatic carbocycles. The number of benzene rings is 1. The van der Waals surface area contributed by atoms with Gasteiger partial charge in [0.2, 0.25) is 0 Å². The Morgan fingerprint density at radius 2 is 1.92 bits per heavy atom. The number of rotatable bonds is 5. The van der Waals surface area contributed by atoms with Gasteiger partial charge in [-0.2, -0.15) is 11.3 Å². The molecule has 1 aliphatic heterocycles. The molecule has 0 amide bonds. The summed E-state index contributed by atoms with van der Waals surface area (Å²) >= 11 is 3.44. The molecule has 0 radical (unpaired) electrons. The zero-order chi connectivity index (χ0) is 17.1. The van der Waals surface area contributed by atoms with Crippen LogP contribution in [0, 0.1) is 5.92 Å². The van der Waals surface area contributed by atoms with Gasteiger partial charge < -0.3 is 5.11 Å². The maximum absolute atomic E-state index is 10.6. The minimum atomic E-state index is -0.340. The lowest BCUT2D eigenvalue weighted by Gasteiger charge is -2.34. The van der Waals surface area contributed by atoms with Crippen LogP contribution in [0.4, 0.5) is 0 Å². The van der Waals surface area contributed by atoms with E-state index in [0.29, 0.717) is 5.92 Å². The summed E-state index contributed by atoms with van der Waals surface area (Å²) in [5.41, 5.74) is 3.43. The van der Waals surface area contributed by atoms with Crippen LogP contribution in [-0.2, 0) is 6.54 Å². The van der Waals surface area contributed by atoms with Crippen molar-refractivity contribution in [3.05, 3.63) is 63.8 Å². The molecule has 1 unspecified atom stereocenters. The van der Waals surface area contributed by atoms with E-state index in [4.69, 9.17) is 4.98 Å². The normalized spacial score (nSPS) is 17.6. The number of aliphatic hydroxyl groups is 1. The number of piperidine rings is 1. The molecule has 3 heterocycles. The Hall–Kier alpha value is -1.53. The summed E-state index contributed by atoms with van der Waals surface area (Å²) < 4.78 is 0. The number of aromatic nitrogens is 1. The number of thiophene rings is 1. The highest BCUT2D eigenvalue weighted by molar-refractivity contribution is 7.14. The molecular weight excluding hydrogens is 348 g/mol. The Bertz CT molecular complexity index is 777. The van der Waals surface area contributed by atoms with Crippen LogP contribution in [0.3, 0.4) is 0 Å². The summed E-state index contributed by atoms with van der Waals surface area (Å²) in [5, 5.41) is 18.1. The van der Waals surface area contributed by atoms with Crippen molar-refractivity contribution >= 4 is 22.7 Å². The number of likely N-dealkylation sites (tertiary alicyclic amines) is 1. The Kier molecular flexibility index (Phi) is 5.27. The predicted molar refractivity (Wildman–Crippen MR) is 105 cm³/mol. The maximum Gasteiger partial charge on any atom is 0.124 e. The molecule has 5 heteroatoms. The molecule has 0 saturated carbocycles. The number of hydrogen-bond donors (Lipinski definition) is 1. The molecule has 1 aromatic carbocycles. The highest BCUT2D eigenvalue weighted by atomic mass is 32.1. The van der Waals surface area contributed by atoms with Gasteiger partial charge in [0.1, 0.15) is 5.01 Å². The zero-order valence-electron chi connectivity index (χ0n) is 14.0. The number of nitrogens with zero attached hydrogens (tertiary/aromatic N) is 2. The fourth-order valence-corrected chi connectivity index (χ4v) is 5.00. The van der Waals surface area contributed by atoms with Crippen LogP contribution in [0.1, 0.15) is 30.2 Å². The first kappa shape index (κ1) is 16.9. The Balaban J connectivity index is 1.32. The van der Waals surface area contributed by atoms with E-state index >= 15 is 0 Å². The first-order valence-corrected chi connectivity index (χ1v) is 10.5. The fourth-order valence-electron chi connectivity index (χ4n) is 3.48. The van der Waals surface area contributed by atoms with E-state index in [9.17, 15) is 5.11 Å². The summed E-state index contributed by atoms with van der Waals surface area (Å²) in [7, 11) is 0. The van der Waals surface area contributed by atoms with Gasteiger partial charge in [0.05, 0.1) is 11.8 Å². The van der Waals surface area contributed by atoms with E-state index in [-0.39, 0.29) is 6.10 Å². The highest BCUT2D eigenvalue weighted by Crippen LogP contribution is 2.31. The van der Waals surface area contributed by atoms with E-state index in [1.807, 2.05) is 30.3 Å². The molecule has 1 saturated heterocycles. The second kappa shape index (κ2) is 7.79. The second-order valence-electron chi connectivity index (χ2n) is 6.63. The van der Waals surface area contributed by atoms with Gasteiger partial charge in [-0.1, -0.05) is 30.3 Å². The third-order valence-electron chi connectivity index (χ3n) is 4.93. The zero-order valence-corrected chi connectivity index (χ0v) is 15.7. The topological polar surface area (TPSA) is 36.4 Å². The number of hydrogen-bond acceptors (Lipinski definition) is 5. The van der Waals surface area contributed by atoms with Crippen molar-refractivity contribution in [3.63, 3.8) is 0 Å². The van der Waals surface area contributed by atoms with Crippen LogP contribution >= 0.6 is 22.7 Å². The molecule has 0 bridgehead atoms. The quantitative estimate of drug-likeness (QED) is 0.700. The molecule has 130 valence electrons. The molecular formula is C20H22N2OS2. The molecule has 4 rings (SSSR count). The van der Waals surface area contributed by atoms with Gasteiger partial charge in [-0.3, -0.25) is 4.90 Å². The van der Waals surface area contributed by atoms with Crippen molar-refractivity contribution < 1.29 is 5.11 Å². The molecule has 1 aliphatic rings. The van der Waals surface area contributed by atoms with Crippen molar-refractivity contribution in [2.75, 3.05) is 13.1 Å². The third-order valence-corrected chi connectivity index (χ3v) is 6.55. The van der Waals surface area contributed by atoms with Crippen molar-refractivity contribution in [2.45, 2.75) is 25.5 Å². The summed E-state index contributed by atoms with van der Waals surface area (Å²) in [6.45, 7) is 2.97. The smallest absolute Gasteiger partial charge is 0.124 e. The van der Waals surface area contributed by atoms with Crippen LogP contribution in [0.15, 0.2) is 52.5 Å². The van der Waals surface area contributed by atoms with E-state index < -0.39 is 0 Å². The fraction of sp³-hybridized carbons (Fsp3) is 0.350. The van der Waals surface area contributed by atoms with Gasteiger partial charge in [0, 0.05) is 22.9 Å².